The molecule has 102 valence electrons. The number of ether oxygens (including phenoxy) is 1. The SMILES string of the molecule is O=S(=O)(NCCC1CCCO1)c1ccc(CO)o1. The van der Waals surface area contributed by atoms with E-state index in [1.54, 1.807) is 0 Å². The second-order valence-electron chi connectivity index (χ2n) is 4.20. The van der Waals surface area contributed by atoms with Crippen molar-refractivity contribution in [3.63, 3.8) is 0 Å². The normalized spacial score (nSPS) is 20.4. The molecule has 0 bridgehead atoms. The maximum atomic E-state index is 11.8. The summed E-state index contributed by atoms with van der Waals surface area (Å²) in [6, 6.07) is 2.77. The summed E-state index contributed by atoms with van der Waals surface area (Å²) in [7, 11) is -3.62. The Morgan fingerprint density at radius 1 is 1.44 bits per heavy atom. The molecule has 1 aliphatic heterocycles. The highest BCUT2D eigenvalue weighted by atomic mass is 32.2. The second-order valence-corrected chi connectivity index (χ2v) is 5.90. The summed E-state index contributed by atoms with van der Waals surface area (Å²) in [4.78, 5) is 0. The minimum Gasteiger partial charge on any atom is -0.446 e. The molecule has 1 fully saturated rings. The Morgan fingerprint density at radius 2 is 2.28 bits per heavy atom. The van der Waals surface area contributed by atoms with Crippen molar-refractivity contribution in [2.24, 2.45) is 0 Å². The monoisotopic (exact) mass is 275 g/mol. The largest absolute Gasteiger partial charge is 0.446 e. The van der Waals surface area contributed by atoms with Gasteiger partial charge in [0.2, 0.25) is 5.09 Å². The molecule has 1 saturated heterocycles. The maximum absolute atomic E-state index is 11.8. The molecule has 0 amide bonds. The molecular formula is C11H17NO5S. The van der Waals surface area contributed by atoms with E-state index in [1.165, 1.54) is 12.1 Å². The van der Waals surface area contributed by atoms with Crippen LogP contribution >= 0.6 is 0 Å². The first-order valence-electron chi connectivity index (χ1n) is 5.92. The summed E-state index contributed by atoms with van der Waals surface area (Å²) >= 11 is 0. The number of furan rings is 1. The van der Waals surface area contributed by atoms with E-state index in [1.807, 2.05) is 0 Å². The van der Waals surface area contributed by atoms with Crippen LogP contribution in [0.15, 0.2) is 21.6 Å². The first-order chi connectivity index (χ1) is 8.62. The van der Waals surface area contributed by atoms with Crippen molar-refractivity contribution in [2.75, 3.05) is 13.2 Å². The quantitative estimate of drug-likeness (QED) is 0.794. The van der Waals surface area contributed by atoms with Crippen LogP contribution in [0.25, 0.3) is 0 Å². The van der Waals surface area contributed by atoms with E-state index in [4.69, 9.17) is 14.3 Å². The molecule has 2 heterocycles. The molecule has 0 aromatic carbocycles. The summed E-state index contributed by atoms with van der Waals surface area (Å²) in [6.07, 6.45) is 2.83. The zero-order valence-electron chi connectivity index (χ0n) is 9.96. The van der Waals surface area contributed by atoms with E-state index >= 15 is 0 Å². The minimum absolute atomic E-state index is 0.150. The van der Waals surface area contributed by atoms with Crippen molar-refractivity contribution in [3.8, 4) is 0 Å². The highest BCUT2D eigenvalue weighted by Crippen LogP contribution is 2.16. The molecular weight excluding hydrogens is 258 g/mol. The van der Waals surface area contributed by atoms with Crippen LogP contribution in [0.4, 0.5) is 0 Å². The molecule has 0 saturated carbocycles. The fraction of sp³-hybridized carbons (Fsp3) is 0.636. The van der Waals surface area contributed by atoms with Crippen LogP contribution < -0.4 is 4.72 Å². The first kappa shape index (κ1) is 13.5. The molecule has 2 N–H and O–H groups in total. The number of nitrogens with one attached hydrogen (secondary N) is 1. The third-order valence-electron chi connectivity index (χ3n) is 2.84. The van der Waals surface area contributed by atoms with E-state index in [9.17, 15) is 8.42 Å². The van der Waals surface area contributed by atoms with Crippen LogP contribution in [0.5, 0.6) is 0 Å². The van der Waals surface area contributed by atoms with Gasteiger partial charge in [0.15, 0.2) is 0 Å². The Hall–Kier alpha value is -0.890. The molecule has 2 rings (SSSR count). The van der Waals surface area contributed by atoms with Crippen LogP contribution in [0.1, 0.15) is 25.0 Å². The second kappa shape index (κ2) is 5.83. The third-order valence-corrected chi connectivity index (χ3v) is 4.17. The number of hydrogen-bond donors (Lipinski definition) is 2. The van der Waals surface area contributed by atoms with E-state index in [0.717, 1.165) is 19.4 Å². The molecule has 0 aliphatic carbocycles. The van der Waals surface area contributed by atoms with E-state index in [2.05, 4.69) is 4.72 Å². The van der Waals surface area contributed by atoms with Gasteiger partial charge in [-0.2, -0.15) is 0 Å². The smallest absolute Gasteiger partial charge is 0.273 e. The van der Waals surface area contributed by atoms with Gasteiger partial charge in [0.25, 0.3) is 10.0 Å². The summed E-state index contributed by atoms with van der Waals surface area (Å²) in [5, 5.41) is 8.64. The van der Waals surface area contributed by atoms with Gasteiger partial charge in [-0.3, -0.25) is 0 Å². The van der Waals surface area contributed by atoms with Gasteiger partial charge in [-0.05, 0) is 31.4 Å². The molecule has 0 radical (unpaired) electrons. The van der Waals surface area contributed by atoms with Gasteiger partial charge in [0.1, 0.15) is 12.4 Å². The lowest BCUT2D eigenvalue weighted by atomic mass is 10.2. The molecule has 6 nitrogen and oxygen atoms in total. The Morgan fingerprint density at radius 3 is 2.89 bits per heavy atom. The highest BCUT2D eigenvalue weighted by molar-refractivity contribution is 7.89. The van der Waals surface area contributed by atoms with Crippen molar-refractivity contribution in [3.05, 3.63) is 17.9 Å². The van der Waals surface area contributed by atoms with E-state index in [-0.39, 0.29) is 23.6 Å². The van der Waals surface area contributed by atoms with Gasteiger partial charge in [-0.15, -0.1) is 0 Å². The fourth-order valence-corrected chi connectivity index (χ4v) is 2.88. The van der Waals surface area contributed by atoms with Gasteiger partial charge >= 0.3 is 0 Å². The van der Waals surface area contributed by atoms with Gasteiger partial charge in [-0.25, -0.2) is 13.1 Å². The lowest BCUT2D eigenvalue weighted by molar-refractivity contribution is 0.105. The summed E-state index contributed by atoms with van der Waals surface area (Å²) in [6.45, 7) is 0.767. The standard InChI is InChI=1S/C11H17NO5S/c13-8-10-3-4-11(17-10)18(14,15)12-6-5-9-2-1-7-16-9/h3-4,9,12-13H,1-2,5-8H2. The zero-order valence-corrected chi connectivity index (χ0v) is 10.8. The predicted octanol–water partition coefficient (Wildman–Crippen LogP) is 0.619. The molecule has 1 aromatic heterocycles. The summed E-state index contributed by atoms with van der Waals surface area (Å²) < 4.78 is 36.5. The molecule has 1 aliphatic rings. The van der Waals surface area contributed by atoms with Crippen LogP contribution in [0, 0.1) is 0 Å². The highest BCUT2D eigenvalue weighted by Gasteiger charge is 2.20. The van der Waals surface area contributed by atoms with Crippen molar-refractivity contribution in [1.29, 1.82) is 0 Å². The minimum atomic E-state index is -3.62. The average molecular weight is 275 g/mol. The lowest BCUT2D eigenvalue weighted by Gasteiger charge is -2.09. The van der Waals surface area contributed by atoms with Crippen molar-refractivity contribution < 1.29 is 22.7 Å². The number of rotatable bonds is 6. The Kier molecular flexibility index (Phi) is 4.39. The van der Waals surface area contributed by atoms with E-state index in [0.29, 0.717) is 13.0 Å². The average Bonchev–Trinajstić information content (AvgIpc) is 2.99. The molecule has 7 heteroatoms. The fourth-order valence-electron chi connectivity index (χ4n) is 1.89. The van der Waals surface area contributed by atoms with Crippen molar-refractivity contribution in [2.45, 2.75) is 37.1 Å². The van der Waals surface area contributed by atoms with Crippen LogP contribution in [-0.2, 0) is 21.4 Å². The zero-order chi connectivity index (χ0) is 13.0. The number of aliphatic hydroxyl groups is 1. The van der Waals surface area contributed by atoms with Crippen LogP contribution in [0.2, 0.25) is 0 Å². The van der Waals surface area contributed by atoms with Gasteiger partial charge < -0.3 is 14.3 Å². The Labute approximate surface area is 106 Å². The topological polar surface area (TPSA) is 88.8 Å². The van der Waals surface area contributed by atoms with Gasteiger partial charge in [-0.1, -0.05) is 0 Å². The third kappa shape index (κ3) is 3.32. The Balaban J connectivity index is 1.86. The van der Waals surface area contributed by atoms with Crippen molar-refractivity contribution >= 4 is 10.0 Å². The molecule has 0 spiro atoms. The molecule has 1 unspecified atom stereocenters. The number of sulfonamides is 1. The van der Waals surface area contributed by atoms with Crippen LogP contribution in [0.3, 0.4) is 0 Å². The lowest BCUT2D eigenvalue weighted by Crippen LogP contribution is -2.26. The van der Waals surface area contributed by atoms with Gasteiger partial charge in [0.05, 0.1) is 6.10 Å². The Bertz CT molecular complexity index is 475. The predicted molar refractivity (Wildman–Crippen MR) is 63.4 cm³/mol. The molecule has 1 atom stereocenters. The summed E-state index contributed by atoms with van der Waals surface area (Å²) in [5.41, 5.74) is 0. The van der Waals surface area contributed by atoms with Gasteiger partial charge in [0, 0.05) is 13.2 Å². The number of hydrogen-bond acceptors (Lipinski definition) is 5. The van der Waals surface area contributed by atoms with E-state index < -0.39 is 10.0 Å². The summed E-state index contributed by atoms with van der Waals surface area (Å²) in [5.74, 6) is 0.231. The first-order valence-corrected chi connectivity index (χ1v) is 7.41. The number of aliphatic hydroxyl groups excluding tert-OH is 1. The maximum Gasteiger partial charge on any atom is 0.273 e. The molecule has 18 heavy (non-hydrogen) atoms. The molecule has 1 aromatic rings. The van der Waals surface area contributed by atoms with Crippen LogP contribution in [-0.4, -0.2) is 32.8 Å². The van der Waals surface area contributed by atoms with Crippen molar-refractivity contribution in [1.82, 2.24) is 4.72 Å².